The van der Waals surface area contributed by atoms with Crippen LogP contribution in [-0.2, 0) is 9.59 Å². The molecule has 0 aromatic heterocycles. The van der Waals surface area contributed by atoms with E-state index < -0.39 is 0 Å². The average molecular weight is 335 g/mol. The molecule has 1 heterocycles. The third-order valence-electron chi connectivity index (χ3n) is 4.76. The largest absolute Gasteiger partial charge is 0.484 e. The van der Waals surface area contributed by atoms with Crippen molar-refractivity contribution in [1.29, 1.82) is 0 Å². The van der Waals surface area contributed by atoms with E-state index in [2.05, 4.69) is 16.2 Å². The number of fused-ring (bicyclic) bond motifs is 1. The number of halogens is 1. The first-order valence-electron chi connectivity index (χ1n) is 8.34. The lowest BCUT2D eigenvalue weighted by atomic mass is 9.74. The smallest absolute Gasteiger partial charge is 0.257 e. The summed E-state index contributed by atoms with van der Waals surface area (Å²) in [5.74, 6) is 0.205. The fourth-order valence-electron chi connectivity index (χ4n) is 3.49. The van der Waals surface area contributed by atoms with E-state index >= 15 is 0 Å². The Kier molecular flexibility index (Phi) is 5.30. The second-order valence-corrected chi connectivity index (χ2v) is 6.34. The molecule has 0 radical (unpaired) electrons. The Labute approximate surface area is 140 Å². The molecule has 24 heavy (non-hydrogen) atoms. The molecule has 1 saturated carbocycles. The van der Waals surface area contributed by atoms with Gasteiger partial charge in [-0.3, -0.25) is 15.0 Å². The van der Waals surface area contributed by atoms with Crippen LogP contribution < -0.4 is 20.9 Å². The maximum absolute atomic E-state index is 12.8. The second-order valence-electron chi connectivity index (χ2n) is 6.34. The van der Waals surface area contributed by atoms with Crippen LogP contribution in [0.1, 0.15) is 25.7 Å². The molecule has 3 unspecified atom stereocenters. The van der Waals surface area contributed by atoms with E-state index in [1.165, 1.54) is 24.3 Å². The first-order chi connectivity index (χ1) is 11.6. The molecule has 3 rings (SSSR count). The Morgan fingerprint density at radius 1 is 1.25 bits per heavy atom. The third-order valence-corrected chi connectivity index (χ3v) is 4.76. The predicted molar refractivity (Wildman–Crippen MR) is 85.4 cm³/mol. The van der Waals surface area contributed by atoms with Crippen molar-refractivity contribution < 1.29 is 18.7 Å². The number of nitrogens with one attached hydrogen (secondary N) is 3. The normalized spacial score (nSPS) is 26.2. The lowest BCUT2D eigenvalue weighted by Crippen LogP contribution is -2.62. The molecule has 3 atom stereocenters. The molecule has 1 aliphatic heterocycles. The Balaban J connectivity index is 1.45. The molecule has 2 aliphatic rings. The number of rotatable bonds is 5. The molecule has 0 spiro atoms. The maximum Gasteiger partial charge on any atom is 0.257 e. The molecule has 6 nitrogen and oxygen atoms in total. The quantitative estimate of drug-likeness (QED) is 0.754. The van der Waals surface area contributed by atoms with Crippen LogP contribution in [0.3, 0.4) is 0 Å². The van der Waals surface area contributed by atoms with E-state index in [1.807, 2.05) is 0 Å². The van der Waals surface area contributed by atoms with Gasteiger partial charge in [0.1, 0.15) is 11.6 Å². The molecule has 7 heteroatoms. The Bertz CT molecular complexity index is 593. The van der Waals surface area contributed by atoms with Gasteiger partial charge in [-0.2, -0.15) is 0 Å². The van der Waals surface area contributed by atoms with Gasteiger partial charge < -0.3 is 10.1 Å². The van der Waals surface area contributed by atoms with Gasteiger partial charge in [0, 0.05) is 18.5 Å². The van der Waals surface area contributed by atoms with Crippen molar-refractivity contribution in [2.75, 3.05) is 13.2 Å². The van der Waals surface area contributed by atoms with Crippen LogP contribution in [-0.4, -0.2) is 31.0 Å². The molecular weight excluding hydrogens is 313 g/mol. The summed E-state index contributed by atoms with van der Waals surface area (Å²) in [6.07, 6.45) is 4.11. The summed E-state index contributed by atoms with van der Waals surface area (Å²) in [6.45, 7) is 0.311. The molecule has 2 amide bonds. The van der Waals surface area contributed by atoms with Crippen LogP contribution in [0.15, 0.2) is 24.3 Å². The van der Waals surface area contributed by atoms with Gasteiger partial charge in [0.05, 0.1) is 0 Å². The minimum atomic E-state index is -0.348. The lowest BCUT2D eigenvalue weighted by Gasteiger charge is -2.41. The van der Waals surface area contributed by atoms with Crippen molar-refractivity contribution in [1.82, 2.24) is 16.2 Å². The van der Waals surface area contributed by atoms with E-state index in [-0.39, 0.29) is 42.1 Å². The van der Waals surface area contributed by atoms with Crippen LogP contribution in [0.25, 0.3) is 0 Å². The van der Waals surface area contributed by atoms with E-state index in [4.69, 9.17) is 4.74 Å². The summed E-state index contributed by atoms with van der Waals surface area (Å²) < 4.78 is 18.1. The van der Waals surface area contributed by atoms with Crippen molar-refractivity contribution in [2.24, 2.45) is 11.8 Å². The van der Waals surface area contributed by atoms with Gasteiger partial charge in [-0.1, -0.05) is 12.8 Å². The van der Waals surface area contributed by atoms with Gasteiger partial charge in [-0.15, -0.1) is 0 Å². The number of carbonyl (C=O) groups excluding carboxylic acids is 2. The van der Waals surface area contributed by atoms with Crippen LogP contribution in [0.2, 0.25) is 0 Å². The van der Waals surface area contributed by atoms with Gasteiger partial charge in [-0.25, -0.2) is 9.82 Å². The molecular formula is C17H22FN3O3. The molecule has 2 fully saturated rings. The van der Waals surface area contributed by atoms with Gasteiger partial charge in [0.2, 0.25) is 5.91 Å². The van der Waals surface area contributed by atoms with Crippen LogP contribution in [0, 0.1) is 17.7 Å². The number of carbonyl (C=O) groups is 2. The summed E-state index contributed by atoms with van der Waals surface area (Å²) in [4.78, 5) is 23.8. The Hall–Kier alpha value is -2.15. The molecule has 1 aromatic carbocycles. The minimum Gasteiger partial charge on any atom is -0.484 e. The zero-order chi connectivity index (χ0) is 16.9. The highest BCUT2D eigenvalue weighted by atomic mass is 19.1. The van der Waals surface area contributed by atoms with Gasteiger partial charge in [0.25, 0.3) is 5.91 Å². The molecule has 3 N–H and O–H groups in total. The Morgan fingerprint density at radius 2 is 2.00 bits per heavy atom. The number of ether oxygens (including phenoxy) is 1. The van der Waals surface area contributed by atoms with Crippen molar-refractivity contribution in [3.8, 4) is 5.75 Å². The van der Waals surface area contributed by atoms with Crippen molar-refractivity contribution >= 4 is 11.8 Å². The third kappa shape index (κ3) is 4.03. The molecule has 0 bridgehead atoms. The fourth-order valence-corrected chi connectivity index (χ4v) is 3.49. The SMILES string of the molecule is O=C(COc1ccc(F)cc1)NCC1NNC(=O)C2CCCCC12. The number of benzene rings is 1. The molecule has 130 valence electrons. The van der Waals surface area contributed by atoms with Crippen molar-refractivity contribution in [3.05, 3.63) is 30.1 Å². The number of hydrogen-bond acceptors (Lipinski definition) is 4. The summed E-state index contributed by atoms with van der Waals surface area (Å²) in [7, 11) is 0. The van der Waals surface area contributed by atoms with Gasteiger partial charge in [0.15, 0.2) is 6.61 Å². The van der Waals surface area contributed by atoms with Gasteiger partial charge in [-0.05, 0) is 43.0 Å². The van der Waals surface area contributed by atoms with Crippen LogP contribution in [0.5, 0.6) is 5.75 Å². The number of hydrogen-bond donors (Lipinski definition) is 3. The highest BCUT2D eigenvalue weighted by molar-refractivity contribution is 5.80. The summed E-state index contributed by atoms with van der Waals surface area (Å²) >= 11 is 0. The second kappa shape index (κ2) is 7.61. The summed E-state index contributed by atoms with van der Waals surface area (Å²) in [5.41, 5.74) is 5.72. The van der Waals surface area contributed by atoms with Crippen LogP contribution >= 0.6 is 0 Å². The van der Waals surface area contributed by atoms with Gasteiger partial charge >= 0.3 is 0 Å². The minimum absolute atomic E-state index is 0.0303. The highest BCUT2D eigenvalue weighted by Gasteiger charge is 2.39. The fraction of sp³-hybridized carbons (Fsp3) is 0.529. The summed E-state index contributed by atoms with van der Waals surface area (Å²) in [5, 5.41) is 2.83. The topological polar surface area (TPSA) is 79.5 Å². The standard InChI is InChI=1S/C17H22FN3O3/c18-11-5-7-12(8-6-11)24-10-16(22)19-9-15-13-3-1-2-4-14(13)17(23)21-20-15/h5-8,13-15,20H,1-4,9-10H2,(H,19,22)(H,21,23). The van der Waals surface area contributed by atoms with E-state index in [0.717, 1.165) is 25.7 Å². The van der Waals surface area contributed by atoms with Crippen LogP contribution in [0.4, 0.5) is 4.39 Å². The zero-order valence-electron chi connectivity index (χ0n) is 13.4. The number of amides is 2. The van der Waals surface area contributed by atoms with E-state index in [9.17, 15) is 14.0 Å². The van der Waals surface area contributed by atoms with E-state index in [1.54, 1.807) is 0 Å². The maximum atomic E-state index is 12.8. The summed E-state index contributed by atoms with van der Waals surface area (Å²) in [6, 6.07) is 5.56. The molecule has 1 aliphatic carbocycles. The number of hydrazine groups is 1. The van der Waals surface area contributed by atoms with Crippen molar-refractivity contribution in [3.63, 3.8) is 0 Å². The monoisotopic (exact) mass is 335 g/mol. The zero-order valence-corrected chi connectivity index (χ0v) is 13.4. The first kappa shape index (κ1) is 16.7. The molecule has 1 saturated heterocycles. The molecule has 1 aromatic rings. The first-order valence-corrected chi connectivity index (χ1v) is 8.34. The van der Waals surface area contributed by atoms with E-state index in [0.29, 0.717) is 12.3 Å². The average Bonchev–Trinajstić information content (AvgIpc) is 2.61. The highest BCUT2D eigenvalue weighted by Crippen LogP contribution is 2.34. The Morgan fingerprint density at radius 3 is 2.79 bits per heavy atom. The van der Waals surface area contributed by atoms with Crippen molar-refractivity contribution in [2.45, 2.75) is 31.7 Å². The lowest BCUT2D eigenvalue weighted by molar-refractivity contribution is -0.133. The predicted octanol–water partition coefficient (Wildman–Crippen LogP) is 1.13.